The van der Waals surface area contributed by atoms with Crippen LogP contribution in [0.4, 0.5) is 0 Å². The number of benzene rings is 1. The molecule has 0 N–H and O–H groups in total. The predicted octanol–water partition coefficient (Wildman–Crippen LogP) is 13.6. The van der Waals surface area contributed by atoms with E-state index in [2.05, 4.69) is 135 Å². The van der Waals surface area contributed by atoms with E-state index in [0.717, 1.165) is 23.7 Å². The Morgan fingerprint density at radius 1 is 0.486 bits per heavy atom. The Bertz CT molecular complexity index is 585. The van der Waals surface area contributed by atoms with Crippen LogP contribution in [0.3, 0.4) is 0 Å². The molecule has 1 aromatic rings. The first-order valence-electron chi connectivity index (χ1n) is 15.8. The van der Waals surface area contributed by atoms with E-state index in [1.807, 2.05) is 27.7 Å². The van der Waals surface area contributed by atoms with Crippen LogP contribution in [0.25, 0.3) is 0 Å². The summed E-state index contributed by atoms with van der Waals surface area (Å²) in [5.41, 5.74) is 6.09. The molecule has 0 fully saturated rings. The Morgan fingerprint density at radius 2 is 0.730 bits per heavy atom. The maximum Gasteiger partial charge on any atom is -0.0216 e. The third-order valence-electron chi connectivity index (χ3n) is 7.61. The van der Waals surface area contributed by atoms with Crippen LogP contribution in [-0.2, 0) is 0 Å². The van der Waals surface area contributed by atoms with Gasteiger partial charge in [0, 0.05) is 0 Å². The maximum absolute atomic E-state index is 2.36. The third-order valence-corrected chi connectivity index (χ3v) is 7.61. The number of allylic oxidation sites excluding steroid dienone is 2. The van der Waals surface area contributed by atoms with Gasteiger partial charge in [-0.25, -0.2) is 0 Å². The van der Waals surface area contributed by atoms with Gasteiger partial charge in [-0.15, -0.1) is 0 Å². The lowest BCUT2D eigenvalue weighted by Gasteiger charge is -2.22. The Labute approximate surface area is 238 Å². The van der Waals surface area contributed by atoms with Crippen molar-refractivity contribution in [1.82, 2.24) is 0 Å². The SMILES string of the molecule is C/C(=C(\C)C(C)C)C(C)C.CC.CC.CC(C)C(C)CC(C)C(C)C.CC(C)c1ccccc1C(C)C. The molecular weight excluding hydrogens is 444 g/mol. The fourth-order valence-corrected chi connectivity index (χ4v) is 3.60. The molecule has 0 aliphatic rings. The Kier molecular flexibility index (Phi) is 29.4. The quantitative estimate of drug-likeness (QED) is 0.300. The highest BCUT2D eigenvalue weighted by Gasteiger charge is 2.14. The van der Waals surface area contributed by atoms with Gasteiger partial charge in [0.25, 0.3) is 0 Å². The summed E-state index contributed by atoms with van der Waals surface area (Å²) in [5, 5.41) is 0. The summed E-state index contributed by atoms with van der Waals surface area (Å²) < 4.78 is 0. The highest BCUT2D eigenvalue weighted by atomic mass is 14.2. The highest BCUT2D eigenvalue weighted by molar-refractivity contribution is 5.31. The average Bonchev–Trinajstić information content (AvgIpc) is 2.85. The van der Waals surface area contributed by atoms with Gasteiger partial charge in [0.15, 0.2) is 0 Å². The summed E-state index contributed by atoms with van der Waals surface area (Å²) >= 11 is 0. The number of rotatable bonds is 8. The summed E-state index contributed by atoms with van der Waals surface area (Å²) in [5.74, 6) is 6.16. The maximum atomic E-state index is 2.36. The van der Waals surface area contributed by atoms with Gasteiger partial charge < -0.3 is 0 Å². The zero-order valence-corrected chi connectivity index (χ0v) is 29.6. The van der Waals surface area contributed by atoms with Gasteiger partial charge in [0.1, 0.15) is 0 Å². The summed E-state index contributed by atoms with van der Waals surface area (Å²) in [6, 6.07) is 8.72. The van der Waals surface area contributed by atoms with E-state index >= 15 is 0 Å². The first kappa shape index (κ1) is 43.0. The van der Waals surface area contributed by atoms with Crippen LogP contribution < -0.4 is 0 Å². The van der Waals surface area contributed by atoms with Crippen molar-refractivity contribution in [3.05, 3.63) is 46.5 Å². The van der Waals surface area contributed by atoms with Crippen LogP contribution in [0, 0.1) is 35.5 Å². The van der Waals surface area contributed by atoms with Gasteiger partial charge in [0.05, 0.1) is 0 Å². The molecule has 0 spiro atoms. The summed E-state index contributed by atoms with van der Waals surface area (Å²) in [6.45, 7) is 44.5. The minimum atomic E-state index is 0.642. The first-order valence-corrected chi connectivity index (χ1v) is 15.8. The zero-order valence-electron chi connectivity index (χ0n) is 29.6. The third kappa shape index (κ3) is 21.6. The Morgan fingerprint density at radius 3 is 0.892 bits per heavy atom. The van der Waals surface area contributed by atoms with Gasteiger partial charge in [-0.05, 0) is 78.7 Å². The van der Waals surface area contributed by atoms with Crippen LogP contribution in [-0.4, -0.2) is 0 Å². The summed E-state index contributed by atoms with van der Waals surface area (Å²) in [7, 11) is 0. The van der Waals surface area contributed by atoms with Gasteiger partial charge in [-0.3, -0.25) is 0 Å². The molecule has 2 atom stereocenters. The molecule has 0 heterocycles. The summed E-state index contributed by atoms with van der Waals surface area (Å²) in [6.07, 6.45) is 1.38. The lowest BCUT2D eigenvalue weighted by Crippen LogP contribution is -2.12. The second-order valence-electron chi connectivity index (χ2n) is 12.3. The minimum absolute atomic E-state index is 0.642. The topological polar surface area (TPSA) is 0 Å². The molecule has 0 nitrogen and oxygen atoms in total. The van der Waals surface area contributed by atoms with Crippen LogP contribution in [0.1, 0.15) is 168 Å². The molecule has 37 heavy (non-hydrogen) atoms. The second kappa shape index (κ2) is 25.2. The molecule has 1 aromatic carbocycles. The van der Waals surface area contributed by atoms with E-state index in [4.69, 9.17) is 0 Å². The van der Waals surface area contributed by atoms with Crippen molar-refractivity contribution in [2.24, 2.45) is 35.5 Å². The highest BCUT2D eigenvalue weighted by Crippen LogP contribution is 2.25. The largest absolute Gasteiger partial charge is 0.0716 e. The van der Waals surface area contributed by atoms with Gasteiger partial charge in [-0.2, -0.15) is 0 Å². The van der Waals surface area contributed by atoms with Crippen LogP contribution in [0.15, 0.2) is 35.4 Å². The van der Waals surface area contributed by atoms with Crippen LogP contribution in [0.2, 0.25) is 0 Å². The molecular formula is C37H74. The summed E-state index contributed by atoms with van der Waals surface area (Å²) in [4.78, 5) is 0. The van der Waals surface area contributed by atoms with Crippen LogP contribution >= 0.6 is 0 Å². The fourth-order valence-electron chi connectivity index (χ4n) is 3.60. The van der Waals surface area contributed by atoms with Gasteiger partial charge in [-0.1, -0.05) is 160 Å². The average molecular weight is 519 g/mol. The van der Waals surface area contributed by atoms with E-state index in [1.165, 1.54) is 17.5 Å². The van der Waals surface area contributed by atoms with E-state index in [1.54, 1.807) is 11.1 Å². The second-order valence-corrected chi connectivity index (χ2v) is 12.3. The van der Waals surface area contributed by atoms with Crippen molar-refractivity contribution in [2.45, 2.75) is 157 Å². The minimum Gasteiger partial charge on any atom is -0.0716 e. The van der Waals surface area contributed by atoms with Crippen molar-refractivity contribution in [2.75, 3.05) is 0 Å². The fraction of sp³-hybridized carbons (Fsp3) is 0.784. The molecule has 0 aliphatic heterocycles. The molecule has 0 saturated heterocycles. The first-order chi connectivity index (χ1) is 17.0. The monoisotopic (exact) mass is 519 g/mol. The van der Waals surface area contributed by atoms with Crippen LogP contribution in [0.5, 0.6) is 0 Å². The van der Waals surface area contributed by atoms with Crippen molar-refractivity contribution in [3.63, 3.8) is 0 Å². The molecule has 0 aliphatic carbocycles. The van der Waals surface area contributed by atoms with E-state index in [9.17, 15) is 0 Å². The van der Waals surface area contributed by atoms with Crippen molar-refractivity contribution in [1.29, 1.82) is 0 Å². The lowest BCUT2D eigenvalue weighted by molar-refractivity contribution is 0.283. The number of hydrogen-bond acceptors (Lipinski definition) is 0. The zero-order chi connectivity index (χ0) is 30.5. The molecule has 0 aromatic heterocycles. The molecule has 0 saturated carbocycles. The molecule has 2 unspecified atom stereocenters. The molecule has 1 rings (SSSR count). The standard InChI is InChI=1S/C12H18.C11H24.C10H20.2C2H6/c1-9(2)11-7-5-6-8-12(11)10(3)4;1-8(2)10(5)7-11(6)9(3)4;1-7(2)9(5)10(6)8(3)4;2*1-2/h5-10H,1-4H3;8-11H,7H2,1-6H3;7-8H,1-6H3;2*1-2H3/b;;10-9-;;. The van der Waals surface area contributed by atoms with Crippen molar-refractivity contribution in [3.8, 4) is 0 Å². The van der Waals surface area contributed by atoms with E-state index in [-0.39, 0.29) is 0 Å². The molecule has 0 radical (unpaired) electrons. The predicted molar refractivity (Wildman–Crippen MR) is 178 cm³/mol. The van der Waals surface area contributed by atoms with Crippen molar-refractivity contribution < 1.29 is 0 Å². The molecule has 0 bridgehead atoms. The molecule has 222 valence electrons. The van der Waals surface area contributed by atoms with E-state index in [0.29, 0.717) is 23.7 Å². The smallest absolute Gasteiger partial charge is 0.0216 e. The Balaban J connectivity index is -0.000000207. The number of hydrogen-bond donors (Lipinski definition) is 0. The lowest BCUT2D eigenvalue weighted by atomic mass is 9.84. The van der Waals surface area contributed by atoms with Gasteiger partial charge >= 0.3 is 0 Å². The van der Waals surface area contributed by atoms with E-state index < -0.39 is 0 Å². The van der Waals surface area contributed by atoms with Crippen molar-refractivity contribution >= 4 is 0 Å². The Hall–Kier alpha value is -1.04. The van der Waals surface area contributed by atoms with Gasteiger partial charge in [0.2, 0.25) is 0 Å². The molecule has 0 amide bonds. The molecule has 0 heteroatoms. The normalized spacial score (nSPS) is 13.0.